The average Bonchev–Trinajstić information content (AvgIpc) is 2.93. The Hall–Kier alpha value is -2.04. The van der Waals surface area contributed by atoms with Gasteiger partial charge in [-0.3, -0.25) is 0 Å². The number of aromatic amines is 1. The lowest BCUT2D eigenvalue weighted by Crippen LogP contribution is -2.04. The van der Waals surface area contributed by atoms with E-state index < -0.39 is 0 Å². The van der Waals surface area contributed by atoms with Crippen LogP contribution in [0.15, 0.2) is 36.4 Å². The summed E-state index contributed by atoms with van der Waals surface area (Å²) in [4.78, 5) is 19.4. The largest absolute Gasteiger partial charge is 0.462 e. The lowest BCUT2D eigenvalue weighted by atomic mass is 10.2. The summed E-state index contributed by atoms with van der Waals surface area (Å²) in [6, 6.07) is 10.5. The maximum Gasteiger partial charge on any atom is 0.338 e. The van der Waals surface area contributed by atoms with Crippen molar-refractivity contribution in [2.24, 2.45) is 0 Å². The highest BCUT2D eigenvalue weighted by Gasteiger charge is 2.13. The van der Waals surface area contributed by atoms with Gasteiger partial charge in [0.25, 0.3) is 0 Å². The fraction of sp³-hybridized carbons (Fsp3) is 0.125. The van der Waals surface area contributed by atoms with Crippen LogP contribution in [0.25, 0.3) is 22.4 Å². The summed E-state index contributed by atoms with van der Waals surface area (Å²) in [5.41, 5.74) is 2.65. The number of imidazole rings is 1. The average molecular weight is 335 g/mol. The second kappa shape index (κ2) is 5.99. The molecule has 2 aromatic carbocycles. The number of halogens is 2. The van der Waals surface area contributed by atoms with Crippen LogP contribution in [0.1, 0.15) is 17.3 Å². The lowest BCUT2D eigenvalue weighted by Gasteiger charge is -2.01. The zero-order chi connectivity index (χ0) is 15.7. The van der Waals surface area contributed by atoms with Crippen molar-refractivity contribution in [2.45, 2.75) is 6.92 Å². The van der Waals surface area contributed by atoms with Crippen LogP contribution >= 0.6 is 23.2 Å². The van der Waals surface area contributed by atoms with Crippen LogP contribution in [0.3, 0.4) is 0 Å². The fourth-order valence-corrected chi connectivity index (χ4v) is 2.56. The van der Waals surface area contributed by atoms with E-state index in [1.807, 2.05) is 6.07 Å². The smallest absolute Gasteiger partial charge is 0.338 e. The molecule has 0 saturated carbocycles. The molecule has 3 rings (SSSR count). The van der Waals surface area contributed by atoms with Crippen LogP contribution in [-0.4, -0.2) is 22.5 Å². The van der Waals surface area contributed by atoms with Crippen molar-refractivity contribution in [3.63, 3.8) is 0 Å². The first-order valence-electron chi connectivity index (χ1n) is 6.71. The van der Waals surface area contributed by atoms with Gasteiger partial charge in [-0.05, 0) is 37.3 Å². The maximum atomic E-state index is 11.8. The van der Waals surface area contributed by atoms with Gasteiger partial charge in [0, 0.05) is 5.56 Å². The normalized spacial score (nSPS) is 10.9. The minimum absolute atomic E-state index is 0.337. The van der Waals surface area contributed by atoms with E-state index in [0.29, 0.717) is 33.6 Å². The highest BCUT2D eigenvalue weighted by atomic mass is 35.5. The molecule has 4 nitrogen and oxygen atoms in total. The molecule has 0 atom stereocenters. The monoisotopic (exact) mass is 334 g/mol. The Kier molecular flexibility index (Phi) is 4.05. The van der Waals surface area contributed by atoms with Crippen LogP contribution in [-0.2, 0) is 4.74 Å². The molecule has 112 valence electrons. The number of fused-ring (bicyclic) bond motifs is 1. The molecule has 1 aromatic heterocycles. The summed E-state index contributed by atoms with van der Waals surface area (Å²) in [6.07, 6.45) is 0. The summed E-state index contributed by atoms with van der Waals surface area (Å²) in [5.74, 6) is 0.241. The third-order valence-electron chi connectivity index (χ3n) is 3.20. The Balaban J connectivity index is 2.06. The van der Waals surface area contributed by atoms with Crippen molar-refractivity contribution < 1.29 is 9.53 Å². The van der Waals surface area contributed by atoms with Gasteiger partial charge in [0.15, 0.2) is 0 Å². The van der Waals surface area contributed by atoms with Crippen LogP contribution in [0.2, 0.25) is 10.0 Å². The summed E-state index contributed by atoms with van der Waals surface area (Å²) in [5, 5.41) is 0.903. The molecule has 3 aromatic rings. The molecular formula is C16H12Cl2N2O2. The highest BCUT2D eigenvalue weighted by Crippen LogP contribution is 2.32. The molecule has 1 N–H and O–H groups in total. The van der Waals surface area contributed by atoms with Crippen molar-refractivity contribution in [1.82, 2.24) is 9.97 Å². The molecular weight excluding hydrogens is 323 g/mol. The predicted octanol–water partition coefficient (Wildman–Crippen LogP) is 4.71. The van der Waals surface area contributed by atoms with Gasteiger partial charge in [-0.15, -0.1) is 0 Å². The van der Waals surface area contributed by atoms with Gasteiger partial charge < -0.3 is 9.72 Å². The van der Waals surface area contributed by atoms with Crippen molar-refractivity contribution in [3.05, 3.63) is 52.0 Å². The molecule has 0 aliphatic carbocycles. The van der Waals surface area contributed by atoms with Crippen LogP contribution in [0, 0.1) is 0 Å². The van der Waals surface area contributed by atoms with Crippen LogP contribution in [0.5, 0.6) is 0 Å². The number of aromatic nitrogens is 2. The molecule has 0 amide bonds. The fourth-order valence-electron chi connectivity index (χ4n) is 2.17. The van der Waals surface area contributed by atoms with E-state index in [9.17, 15) is 4.79 Å². The molecule has 0 aliphatic rings. The number of H-pyrrole nitrogens is 1. The summed E-state index contributed by atoms with van der Waals surface area (Å²) in [7, 11) is 0. The summed E-state index contributed by atoms with van der Waals surface area (Å²) in [6.45, 7) is 2.11. The predicted molar refractivity (Wildman–Crippen MR) is 87.5 cm³/mol. The molecule has 0 unspecified atom stereocenters. The van der Waals surface area contributed by atoms with E-state index in [4.69, 9.17) is 27.9 Å². The quantitative estimate of drug-likeness (QED) is 0.705. The van der Waals surface area contributed by atoms with Gasteiger partial charge in [0.05, 0.1) is 33.2 Å². The highest BCUT2D eigenvalue weighted by molar-refractivity contribution is 6.43. The summed E-state index contributed by atoms with van der Waals surface area (Å²) < 4.78 is 4.99. The Bertz CT molecular complexity index is 858. The molecule has 1 heterocycles. The Labute approximate surface area is 137 Å². The SMILES string of the molecule is CCOC(=O)c1ccc2nc(-c3cccc(Cl)c3Cl)[nH]c2c1. The number of ether oxygens (including phenoxy) is 1. The first-order valence-corrected chi connectivity index (χ1v) is 7.47. The number of carbonyl (C=O) groups excluding carboxylic acids is 1. The summed E-state index contributed by atoms with van der Waals surface area (Å²) >= 11 is 12.2. The molecule has 0 saturated heterocycles. The van der Waals surface area contributed by atoms with Crippen LogP contribution in [0.4, 0.5) is 0 Å². The van der Waals surface area contributed by atoms with E-state index in [0.717, 1.165) is 11.0 Å². The van der Waals surface area contributed by atoms with Gasteiger partial charge in [-0.2, -0.15) is 0 Å². The second-order valence-electron chi connectivity index (χ2n) is 4.64. The van der Waals surface area contributed by atoms with Crippen molar-refractivity contribution in [1.29, 1.82) is 0 Å². The molecule has 0 fully saturated rings. The van der Waals surface area contributed by atoms with Crippen molar-refractivity contribution >= 4 is 40.2 Å². The van der Waals surface area contributed by atoms with Crippen LogP contribution < -0.4 is 0 Å². The maximum absolute atomic E-state index is 11.8. The molecule has 0 aliphatic heterocycles. The first-order chi connectivity index (χ1) is 10.6. The number of esters is 1. The van der Waals surface area contributed by atoms with Gasteiger partial charge in [0.1, 0.15) is 5.82 Å². The Morgan fingerprint density at radius 1 is 1.27 bits per heavy atom. The van der Waals surface area contributed by atoms with E-state index in [2.05, 4.69) is 9.97 Å². The minimum atomic E-state index is -0.360. The molecule has 22 heavy (non-hydrogen) atoms. The molecule has 0 spiro atoms. The number of hydrogen-bond acceptors (Lipinski definition) is 3. The van der Waals surface area contributed by atoms with Gasteiger partial charge in [-0.25, -0.2) is 9.78 Å². The number of benzene rings is 2. The number of nitrogens with one attached hydrogen (secondary N) is 1. The Morgan fingerprint density at radius 2 is 2.09 bits per heavy atom. The minimum Gasteiger partial charge on any atom is -0.462 e. The van der Waals surface area contributed by atoms with Gasteiger partial charge in [0.2, 0.25) is 0 Å². The van der Waals surface area contributed by atoms with Crippen molar-refractivity contribution in [3.8, 4) is 11.4 Å². The van der Waals surface area contributed by atoms with E-state index in [1.54, 1.807) is 37.3 Å². The van der Waals surface area contributed by atoms with Crippen molar-refractivity contribution in [2.75, 3.05) is 6.61 Å². The number of rotatable bonds is 3. The lowest BCUT2D eigenvalue weighted by molar-refractivity contribution is 0.0526. The van der Waals surface area contributed by atoms with Gasteiger partial charge in [-0.1, -0.05) is 29.3 Å². The zero-order valence-corrected chi connectivity index (χ0v) is 13.2. The van der Waals surface area contributed by atoms with E-state index in [-0.39, 0.29) is 5.97 Å². The first kappa shape index (κ1) is 14.9. The second-order valence-corrected chi connectivity index (χ2v) is 5.42. The number of nitrogens with zero attached hydrogens (tertiary/aromatic N) is 1. The standard InChI is InChI=1S/C16H12Cl2N2O2/c1-2-22-16(21)9-6-7-12-13(8-9)20-15(19-12)10-4-3-5-11(17)14(10)18/h3-8H,2H2,1H3,(H,19,20). The zero-order valence-electron chi connectivity index (χ0n) is 11.7. The Morgan fingerprint density at radius 3 is 2.86 bits per heavy atom. The molecule has 0 radical (unpaired) electrons. The van der Waals surface area contributed by atoms with Gasteiger partial charge >= 0.3 is 5.97 Å². The molecule has 0 bridgehead atoms. The molecule has 6 heteroatoms. The number of carbonyl (C=O) groups is 1. The van der Waals surface area contributed by atoms with E-state index >= 15 is 0 Å². The third kappa shape index (κ3) is 2.67. The topological polar surface area (TPSA) is 55.0 Å². The third-order valence-corrected chi connectivity index (χ3v) is 4.02. The van der Waals surface area contributed by atoms with E-state index in [1.165, 1.54) is 0 Å². The number of hydrogen-bond donors (Lipinski definition) is 1.